The summed E-state index contributed by atoms with van der Waals surface area (Å²) < 4.78 is 2.01. The van der Waals surface area contributed by atoms with Crippen LogP contribution in [0.3, 0.4) is 0 Å². The predicted octanol–water partition coefficient (Wildman–Crippen LogP) is 1.65. The van der Waals surface area contributed by atoms with E-state index in [-0.39, 0.29) is 5.92 Å². The van der Waals surface area contributed by atoms with Gasteiger partial charge in [0, 0.05) is 18.9 Å². The van der Waals surface area contributed by atoms with Crippen molar-refractivity contribution in [3.8, 4) is 6.07 Å². The molecular weight excluding hydrogens is 124 g/mol. The van der Waals surface area contributed by atoms with E-state index in [2.05, 4.69) is 6.07 Å². The van der Waals surface area contributed by atoms with E-state index < -0.39 is 0 Å². The van der Waals surface area contributed by atoms with Crippen molar-refractivity contribution in [3.63, 3.8) is 0 Å². The molecule has 0 fully saturated rings. The Hall–Kier alpha value is -1.23. The van der Waals surface area contributed by atoms with Gasteiger partial charge in [0.15, 0.2) is 0 Å². The summed E-state index contributed by atoms with van der Waals surface area (Å²) in [7, 11) is 0. The van der Waals surface area contributed by atoms with Gasteiger partial charge in [0.25, 0.3) is 0 Å². The Morgan fingerprint density at radius 3 is 2.60 bits per heavy atom. The van der Waals surface area contributed by atoms with Crippen LogP contribution in [-0.2, 0) is 6.54 Å². The first kappa shape index (κ1) is 6.88. The standard InChI is InChI=1S/C8H10N2/c1-8(6-9)7-10-4-2-3-5-10/h2-5,8H,7H2,1H3. The van der Waals surface area contributed by atoms with Gasteiger partial charge in [-0.05, 0) is 19.1 Å². The highest BCUT2D eigenvalue weighted by Gasteiger charge is 1.97. The van der Waals surface area contributed by atoms with Crippen LogP contribution in [-0.4, -0.2) is 4.57 Å². The Morgan fingerprint density at radius 1 is 1.50 bits per heavy atom. The average Bonchev–Trinajstić information content (AvgIpc) is 2.40. The van der Waals surface area contributed by atoms with Crippen molar-refractivity contribution in [3.05, 3.63) is 24.5 Å². The molecule has 0 spiro atoms. The summed E-state index contributed by atoms with van der Waals surface area (Å²) in [6, 6.07) is 6.11. The fourth-order valence-electron chi connectivity index (χ4n) is 0.849. The van der Waals surface area contributed by atoms with Gasteiger partial charge in [0.05, 0.1) is 12.0 Å². The summed E-state index contributed by atoms with van der Waals surface area (Å²) in [6.07, 6.45) is 3.93. The number of hydrogen-bond donors (Lipinski definition) is 0. The van der Waals surface area contributed by atoms with Gasteiger partial charge in [0.1, 0.15) is 0 Å². The largest absolute Gasteiger partial charge is 0.353 e. The second-order valence-electron chi connectivity index (χ2n) is 2.41. The van der Waals surface area contributed by atoms with Crippen molar-refractivity contribution < 1.29 is 0 Å². The third-order valence-corrected chi connectivity index (χ3v) is 1.37. The molecular formula is C8H10N2. The van der Waals surface area contributed by atoms with Gasteiger partial charge in [-0.15, -0.1) is 0 Å². The van der Waals surface area contributed by atoms with E-state index in [9.17, 15) is 0 Å². The lowest BCUT2D eigenvalue weighted by atomic mass is 10.2. The monoisotopic (exact) mass is 134 g/mol. The second kappa shape index (κ2) is 3.07. The highest BCUT2D eigenvalue weighted by atomic mass is 14.9. The molecule has 1 aromatic heterocycles. The fraction of sp³-hybridized carbons (Fsp3) is 0.375. The molecule has 0 bridgehead atoms. The molecule has 1 rings (SSSR count). The summed E-state index contributed by atoms with van der Waals surface area (Å²) in [6.45, 7) is 2.71. The Labute approximate surface area is 60.7 Å². The zero-order valence-corrected chi connectivity index (χ0v) is 5.99. The lowest BCUT2D eigenvalue weighted by Gasteiger charge is -2.01. The summed E-state index contributed by atoms with van der Waals surface area (Å²) in [5.41, 5.74) is 0. The van der Waals surface area contributed by atoms with E-state index in [4.69, 9.17) is 5.26 Å². The predicted molar refractivity (Wildman–Crippen MR) is 39.2 cm³/mol. The molecule has 1 atom stereocenters. The summed E-state index contributed by atoms with van der Waals surface area (Å²) >= 11 is 0. The molecule has 0 aromatic carbocycles. The smallest absolute Gasteiger partial charge is 0.0671 e. The lowest BCUT2D eigenvalue weighted by Crippen LogP contribution is -2.02. The van der Waals surface area contributed by atoms with Crippen molar-refractivity contribution >= 4 is 0 Å². The Kier molecular flexibility index (Phi) is 2.11. The van der Waals surface area contributed by atoms with Crippen LogP contribution in [0.15, 0.2) is 24.5 Å². The minimum Gasteiger partial charge on any atom is -0.353 e. The number of nitrogens with zero attached hydrogens (tertiary/aromatic N) is 2. The summed E-state index contributed by atoms with van der Waals surface area (Å²) in [5.74, 6) is 0.104. The number of hydrogen-bond acceptors (Lipinski definition) is 1. The second-order valence-corrected chi connectivity index (χ2v) is 2.41. The maximum Gasteiger partial charge on any atom is 0.0671 e. The first-order valence-electron chi connectivity index (χ1n) is 3.33. The van der Waals surface area contributed by atoms with Gasteiger partial charge >= 0.3 is 0 Å². The van der Waals surface area contributed by atoms with Gasteiger partial charge in [-0.2, -0.15) is 5.26 Å². The molecule has 52 valence electrons. The molecule has 0 saturated heterocycles. The molecule has 0 aliphatic carbocycles. The van der Waals surface area contributed by atoms with Gasteiger partial charge in [-0.3, -0.25) is 0 Å². The van der Waals surface area contributed by atoms with Crippen molar-refractivity contribution in [1.29, 1.82) is 5.26 Å². The molecule has 1 heterocycles. The highest BCUT2D eigenvalue weighted by Crippen LogP contribution is 1.98. The van der Waals surface area contributed by atoms with Gasteiger partial charge in [-0.1, -0.05) is 0 Å². The molecule has 0 N–H and O–H groups in total. The Morgan fingerprint density at radius 2 is 2.10 bits per heavy atom. The molecule has 1 aromatic rings. The average molecular weight is 134 g/mol. The van der Waals surface area contributed by atoms with Crippen LogP contribution < -0.4 is 0 Å². The van der Waals surface area contributed by atoms with Crippen molar-refractivity contribution in [1.82, 2.24) is 4.57 Å². The van der Waals surface area contributed by atoms with Crippen LogP contribution in [0.1, 0.15) is 6.92 Å². The molecule has 0 radical (unpaired) electrons. The van der Waals surface area contributed by atoms with Gasteiger partial charge in [0.2, 0.25) is 0 Å². The lowest BCUT2D eigenvalue weighted by molar-refractivity contribution is 0.583. The quantitative estimate of drug-likeness (QED) is 0.604. The molecule has 10 heavy (non-hydrogen) atoms. The first-order valence-corrected chi connectivity index (χ1v) is 3.33. The SMILES string of the molecule is CC(C#N)Cn1cccc1. The van der Waals surface area contributed by atoms with Crippen LogP contribution in [0.5, 0.6) is 0 Å². The Bertz CT molecular complexity index is 218. The molecule has 0 saturated carbocycles. The molecule has 2 nitrogen and oxygen atoms in total. The van der Waals surface area contributed by atoms with E-state index in [0.29, 0.717) is 0 Å². The van der Waals surface area contributed by atoms with E-state index in [1.807, 2.05) is 36.0 Å². The van der Waals surface area contributed by atoms with E-state index >= 15 is 0 Å². The van der Waals surface area contributed by atoms with E-state index in [1.54, 1.807) is 0 Å². The van der Waals surface area contributed by atoms with E-state index in [0.717, 1.165) is 6.54 Å². The zero-order valence-electron chi connectivity index (χ0n) is 5.99. The molecule has 0 aliphatic heterocycles. The number of nitriles is 1. The third-order valence-electron chi connectivity index (χ3n) is 1.37. The van der Waals surface area contributed by atoms with Crippen LogP contribution in [0.2, 0.25) is 0 Å². The third kappa shape index (κ3) is 1.63. The van der Waals surface area contributed by atoms with Crippen molar-refractivity contribution in [2.75, 3.05) is 0 Å². The summed E-state index contributed by atoms with van der Waals surface area (Å²) in [5, 5.41) is 8.47. The van der Waals surface area contributed by atoms with Crippen LogP contribution in [0.25, 0.3) is 0 Å². The zero-order chi connectivity index (χ0) is 7.40. The maximum atomic E-state index is 8.47. The van der Waals surface area contributed by atoms with Crippen LogP contribution >= 0.6 is 0 Å². The van der Waals surface area contributed by atoms with Crippen molar-refractivity contribution in [2.24, 2.45) is 5.92 Å². The fourth-order valence-corrected chi connectivity index (χ4v) is 0.849. The van der Waals surface area contributed by atoms with Crippen LogP contribution in [0, 0.1) is 17.2 Å². The minimum absolute atomic E-state index is 0.104. The van der Waals surface area contributed by atoms with Gasteiger partial charge in [-0.25, -0.2) is 0 Å². The number of rotatable bonds is 2. The molecule has 1 unspecified atom stereocenters. The maximum absolute atomic E-state index is 8.47. The Balaban J connectivity index is 2.50. The highest BCUT2D eigenvalue weighted by molar-refractivity contribution is 4.92. The molecule has 0 amide bonds. The minimum atomic E-state index is 0.104. The normalized spacial score (nSPS) is 12.4. The van der Waals surface area contributed by atoms with Crippen molar-refractivity contribution in [2.45, 2.75) is 13.5 Å². The van der Waals surface area contributed by atoms with Gasteiger partial charge < -0.3 is 4.57 Å². The topological polar surface area (TPSA) is 28.7 Å². The van der Waals surface area contributed by atoms with E-state index in [1.165, 1.54) is 0 Å². The molecule has 2 heteroatoms. The number of aromatic nitrogens is 1. The molecule has 0 aliphatic rings. The summed E-state index contributed by atoms with van der Waals surface area (Å²) in [4.78, 5) is 0. The first-order chi connectivity index (χ1) is 4.83. The van der Waals surface area contributed by atoms with Crippen LogP contribution in [0.4, 0.5) is 0 Å².